The molecule has 0 aromatic carbocycles. The monoisotopic (exact) mass is 300 g/mol. The Bertz CT molecular complexity index is 714. The average Bonchev–Trinajstić information content (AvgIpc) is 2.49. The minimum Gasteiger partial charge on any atom is -0.328 e. The van der Waals surface area contributed by atoms with Crippen LogP contribution in [0.2, 0.25) is 0 Å². The molecule has 1 atom stereocenters. The molecule has 0 amide bonds. The van der Waals surface area contributed by atoms with Crippen molar-refractivity contribution >= 4 is 5.65 Å². The van der Waals surface area contributed by atoms with E-state index in [0.29, 0.717) is 5.92 Å². The van der Waals surface area contributed by atoms with E-state index in [9.17, 15) is 4.79 Å². The van der Waals surface area contributed by atoms with Crippen molar-refractivity contribution in [2.45, 2.75) is 39.3 Å². The Hall–Kier alpha value is -1.72. The van der Waals surface area contributed by atoms with E-state index >= 15 is 0 Å². The van der Waals surface area contributed by atoms with Crippen LogP contribution in [0.4, 0.5) is 0 Å². The van der Waals surface area contributed by atoms with Crippen LogP contribution < -0.4 is 11.3 Å². The summed E-state index contributed by atoms with van der Waals surface area (Å²) >= 11 is 0. The normalized spacial score (nSPS) is 18.7. The van der Waals surface area contributed by atoms with Crippen LogP contribution in [0.25, 0.3) is 5.65 Å². The second kappa shape index (κ2) is 6.18. The van der Waals surface area contributed by atoms with Gasteiger partial charge in [0, 0.05) is 24.8 Å². The molecule has 2 aromatic rings. The molecule has 2 aromatic heterocycles. The van der Waals surface area contributed by atoms with Gasteiger partial charge in [-0.25, -0.2) is 4.98 Å². The summed E-state index contributed by atoms with van der Waals surface area (Å²) in [6.07, 6.45) is 4.09. The number of likely N-dealkylation sites (tertiary alicyclic amines) is 1. The lowest BCUT2D eigenvalue weighted by molar-refractivity contribution is 0.164. The fourth-order valence-corrected chi connectivity index (χ4v) is 3.21. The largest absolute Gasteiger partial charge is 0.328 e. The van der Waals surface area contributed by atoms with Crippen molar-refractivity contribution in [1.29, 1.82) is 0 Å². The van der Waals surface area contributed by atoms with Gasteiger partial charge >= 0.3 is 0 Å². The summed E-state index contributed by atoms with van der Waals surface area (Å²) in [5, 5.41) is 0. The molecule has 1 unspecified atom stereocenters. The molecule has 22 heavy (non-hydrogen) atoms. The summed E-state index contributed by atoms with van der Waals surface area (Å²) in [4.78, 5) is 19.2. The lowest BCUT2D eigenvalue weighted by Crippen LogP contribution is -2.39. The van der Waals surface area contributed by atoms with Crippen LogP contribution in [-0.2, 0) is 6.54 Å². The number of pyridine rings is 1. The standard InChI is InChI=1S/C17H24N4O/c1-12-3-4-16-19-15(9-17(22)21(16)10-12)11-20-7-5-14(6-8-20)13(2)18/h3-4,9-10,13-14H,5-8,11,18H2,1-2H3. The Kier molecular flexibility index (Phi) is 4.27. The number of aromatic nitrogens is 2. The van der Waals surface area contributed by atoms with Crippen molar-refractivity contribution in [2.75, 3.05) is 13.1 Å². The van der Waals surface area contributed by atoms with Crippen molar-refractivity contribution < 1.29 is 0 Å². The van der Waals surface area contributed by atoms with Gasteiger partial charge in [-0.2, -0.15) is 0 Å². The summed E-state index contributed by atoms with van der Waals surface area (Å²) in [6, 6.07) is 5.82. The van der Waals surface area contributed by atoms with Gasteiger partial charge in [-0.05, 0) is 57.3 Å². The van der Waals surface area contributed by atoms with E-state index in [0.717, 1.165) is 49.4 Å². The number of nitrogens with zero attached hydrogens (tertiary/aromatic N) is 3. The van der Waals surface area contributed by atoms with Gasteiger partial charge in [0.1, 0.15) is 5.65 Å². The molecular formula is C17H24N4O. The number of nitrogens with two attached hydrogens (primary N) is 1. The van der Waals surface area contributed by atoms with Crippen molar-refractivity contribution in [1.82, 2.24) is 14.3 Å². The van der Waals surface area contributed by atoms with E-state index in [4.69, 9.17) is 5.73 Å². The van der Waals surface area contributed by atoms with Crippen molar-refractivity contribution in [3.05, 3.63) is 46.0 Å². The summed E-state index contributed by atoms with van der Waals surface area (Å²) in [5.41, 5.74) is 8.61. The first-order chi connectivity index (χ1) is 10.5. The van der Waals surface area contributed by atoms with E-state index in [1.54, 1.807) is 10.5 Å². The van der Waals surface area contributed by atoms with Crippen molar-refractivity contribution in [3.63, 3.8) is 0 Å². The second-order valence-electron chi connectivity index (χ2n) is 6.49. The van der Waals surface area contributed by atoms with Gasteiger partial charge in [-0.3, -0.25) is 14.1 Å². The molecule has 118 valence electrons. The van der Waals surface area contributed by atoms with Crippen LogP contribution in [0.15, 0.2) is 29.2 Å². The van der Waals surface area contributed by atoms with Crippen molar-refractivity contribution in [3.8, 4) is 0 Å². The zero-order valence-electron chi connectivity index (χ0n) is 13.3. The maximum absolute atomic E-state index is 12.2. The Labute approximate surface area is 130 Å². The predicted octanol–water partition coefficient (Wildman–Crippen LogP) is 1.56. The number of fused-ring (bicyclic) bond motifs is 1. The van der Waals surface area contributed by atoms with E-state index in [-0.39, 0.29) is 11.6 Å². The highest BCUT2D eigenvalue weighted by molar-refractivity contribution is 5.39. The minimum absolute atomic E-state index is 0.00540. The Morgan fingerprint density at radius 2 is 2.09 bits per heavy atom. The van der Waals surface area contributed by atoms with E-state index in [1.807, 2.05) is 25.3 Å². The molecule has 1 saturated heterocycles. The minimum atomic E-state index is -0.00540. The molecule has 1 fully saturated rings. The third-order valence-electron chi connectivity index (χ3n) is 4.62. The summed E-state index contributed by atoms with van der Waals surface area (Å²) in [6.45, 7) is 6.87. The third kappa shape index (κ3) is 3.20. The zero-order chi connectivity index (χ0) is 15.7. The highest BCUT2D eigenvalue weighted by Gasteiger charge is 2.22. The van der Waals surface area contributed by atoms with E-state index < -0.39 is 0 Å². The van der Waals surface area contributed by atoms with Gasteiger partial charge in [0.05, 0.1) is 5.69 Å². The molecule has 0 spiro atoms. The van der Waals surface area contributed by atoms with Gasteiger partial charge in [0.25, 0.3) is 5.56 Å². The Morgan fingerprint density at radius 3 is 2.77 bits per heavy atom. The van der Waals surface area contributed by atoms with Gasteiger partial charge in [0.15, 0.2) is 0 Å². The van der Waals surface area contributed by atoms with Crippen LogP contribution in [0.1, 0.15) is 31.0 Å². The fourth-order valence-electron chi connectivity index (χ4n) is 3.21. The number of rotatable bonds is 3. The Balaban J connectivity index is 1.75. The number of piperidine rings is 1. The van der Waals surface area contributed by atoms with Crippen LogP contribution in [0.5, 0.6) is 0 Å². The zero-order valence-corrected chi connectivity index (χ0v) is 13.3. The molecule has 0 aliphatic carbocycles. The molecule has 0 bridgehead atoms. The maximum Gasteiger partial charge on any atom is 0.258 e. The number of hydrogen-bond acceptors (Lipinski definition) is 4. The maximum atomic E-state index is 12.2. The molecule has 3 rings (SSSR count). The average molecular weight is 300 g/mol. The van der Waals surface area contributed by atoms with Gasteiger partial charge < -0.3 is 5.73 Å². The highest BCUT2D eigenvalue weighted by atomic mass is 16.1. The van der Waals surface area contributed by atoms with Crippen LogP contribution in [0.3, 0.4) is 0 Å². The fraction of sp³-hybridized carbons (Fsp3) is 0.529. The van der Waals surface area contributed by atoms with Gasteiger partial charge in [-0.15, -0.1) is 0 Å². The topological polar surface area (TPSA) is 63.6 Å². The molecule has 5 nitrogen and oxygen atoms in total. The lowest BCUT2D eigenvalue weighted by atomic mass is 9.91. The predicted molar refractivity (Wildman–Crippen MR) is 87.8 cm³/mol. The quantitative estimate of drug-likeness (QED) is 0.934. The van der Waals surface area contributed by atoms with Crippen LogP contribution in [-0.4, -0.2) is 33.4 Å². The molecular weight excluding hydrogens is 276 g/mol. The summed E-state index contributed by atoms with van der Waals surface area (Å²) in [7, 11) is 0. The molecule has 5 heteroatoms. The van der Waals surface area contributed by atoms with Crippen LogP contribution in [0, 0.1) is 12.8 Å². The number of hydrogen-bond donors (Lipinski definition) is 1. The second-order valence-corrected chi connectivity index (χ2v) is 6.49. The summed E-state index contributed by atoms with van der Waals surface area (Å²) < 4.78 is 1.61. The Morgan fingerprint density at radius 1 is 1.36 bits per heavy atom. The third-order valence-corrected chi connectivity index (χ3v) is 4.62. The van der Waals surface area contributed by atoms with Crippen molar-refractivity contribution in [2.24, 2.45) is 11.7 Å². The smallest absolute Gasteiger partial charge is 0.258 e. The molecule has 1 aliphatic rings. The van der Waals surface area contributed by atoms with Crippen LogP contribution >= 0.6 is 0 Å². The molecule has 2 N–H and O–H groups in total. The first kappa shape index (κ1) is 15.2. The molecule has 0 radical (unpaired) electrons. The van der Waals surface area contributed by atoms with Gasteiger partial charge in [-0.1, -0.05) is 6.07 Å². The molecule has 3 heterocycles. The SMILES string of the molecule is Cc1ccc2nc(CN3CCC(C(C)N)CC3)cc(=O)n2c1. The first-order valence-corrected chi connectivity index (χ1v) is 8.00. The lowest BCUT2D eigenvalue weighted by Gasteiger charge is -2.33. The first-order valence-electron chi connectivity index (χ1n) is 8.00. The molecule has 0 saturated carbocycles. The van der Waals surface area contributed by atoms with E-state index in [2.05, 4.69) is 16.8 Å². The highest BCUT2D eigenvalue weighted by Crippen LogP contribution is 2.20. The number of aryl methyl sites for hydroxylation is 1. The molecule has 1 aliphatic heterocycles. The van der Waals surface area contributed by atoms with Gasteiger partial charge in [0.2, 0.25) is 0 Å². The van der Waals surface area contributed by atoms with E-state index in [1.165, 1.54) is 0 Å². The summed E-state index contributed by atoms with van der Waals surface area (Å²) in [5.74, 6) is 0.620.